The van der Waals surface area contributed by atoms with E-state index in [2.05, 4.69) is 26.8 Å². The number of hydrogen-bond acceptors (Lipinski definition) is 5. The van der Waals surface area contributed by atoms with Crippen LogP contribution in [0.25, 0.3) is 10.9 Å². The average molecular weight is 338 g/mol. The van der Waals surface area contributed by atoms with Gasteiger partial charge in [-0.3, -0.25) is 9.69 Å². The first kappa shape index (κ1) is 17.1. The van der Waals surface area contributed by atoms with Crippen molar-refractivity contribution in [2.45, 2.75) is 26.4 Å². The molecule has 0 bridgehead atoms. The lowest BCUT2D eigenvalue weighted by atomic mass is 10.1. The van der Waals surface area contributed by atoms with Gasteiger partial charge in [-0.15, -0.1) is 0 Å². The molecule has 2 aromatic heterocycles. The minimum atomic E-state index is -0.0709. The Labute approximate surface area is 146 Å². The second kappa shape index (κ2) is 7.44. The van der Waals surface area contributed by atoms with Crippen LogP contribution in [0.5, 0.6) is 5.75 Å². The van der Waals surface area contributed by atoms with E-state index in [-0.39, 0.29) is 11.6 Å². The summed E-state index contributed by atoms with van der Waals surface area (Å²) in [7, 11) is 1.98. The summed E-state index contributed by atoms with van der Waals surface area (Å²) in [6, 6.07) is 9.59. The van der Waals surface area contributed by atoms with Crippen molar-refractivity contribution < 1.29 is 4.74 Å². The number of aromatic nitrogens is 3. The molecule has 0 aliphatic heterocycles. The molecule has 0 aliphatic carbocycles. The maximum Gasteiger partial charge on any atom is 0.252 e. The summed E-state index contributed by atoms with van der Waals surface area (Å²) < 4.78 is 5.54. The summed E-state index contributed by atoms with van der Waals surface area (Å²) in [6.07, 6.45) is 3.27. The van der Waals surface area contributed by atoms with Gasteiger partial charge in [-0.05, 0) is 51.2 Å². The normalized spacial score (nSPS) is 12.5. The largest absolute Gasteiger partial charge is 0.494 e. The lowest BCUT2D eigenvalue weighted by Crippen LogP contribution is -2.26. The third kappa shape index (κ3) is 3.85. The van der Waals surface area contributed by atoms with E-state index < -0.39 is 0 Å². The van der Waals surface area contributed by atoms with Crippen LogP contribution in [0.2, 0.25) is 0 Å². The number of H-pyrrole nitrogens is 1. The van der Waals surface area contributed by atoms with Crippen molar-refractivity contribution in [3.63, 3.8) is 0 Å². The van der Waals surface area contributed by atoms with E-state index in [1.165, 1.54) is 6.33 Å². The van der Waals surface area contributed by atoms with Crippen molar-refractivity contribution in [2.24, 2.45) is 0 Å². The fourth-order valence-electron chi connectivity index (χ4n) is 2.78. The summed E-state index contributed by atoms with van der Waals surface area (Å²) in [5, 5.41) is 0.962. The molecule has 0 unspecified atom stereocenters. The third-order valence-electron chi connectivity index (χ3n) is 4.32. The summed E-state index contributed by atoms with van der Waals surface area (Å²) in [5.74, 6) is 0.802. The predicted molar refractivity (Wildman–Crippen MR) is 97.7 cm³/mol. The molecule has 1 N–H and O–H groups in total. The quantitative estimate of drug-likeness (QED) is 0.748. The minimum Gasteiger partial charge on any atom is -0.494 e. The van der Waals surface area contributed by atoms with Crippen molar-refractivity contribution >= 4 is 10.9 Å². The minimum absolute atomic E-state index is 0.0709. The molecule has 0 amide bonds. The van der Waals surface area contributed by atoms with Crippen LogP contribution < -0.4 is 10.3 Å². The Morgan fingerprint density at radius 1 is 1.28 bits per heavy atom. The van der Waals surface area contributed by atoms with E-state index in [0.717, 1.165) is 22.3 Å². The highest BCUT2D eigenvalue weighted by molar-refractivity contribution is 5.80. The third-order valence-corrected chi connectivity index (χ3v) is 4.32. The van der Waals surface area contributed by atoms with Gasteiger partial charge in [0.2, 0.25) is 0 Å². The molecule has 0 aliphatic rings. The lowest BCUT2D eigenvalue weighted by molar-refractivity contribution is 0.247. The summed E-state index contributed by atoms with van der Waals surface area (Å²) >= 11 is 0. The second-order valence-corrected chi connectivity index (χ2v) is 6.03. The Morgan fingerprint density at radius 3 is 2.84 bits per heavy atom. The maximum absolute atomic E-state index is 12.4. The van der Waals surface area contributed by atoms with Crippen molar-refractivity contribution in [1.29, 1.82) is 0 Å². The average Bonchev–Trinajstić information content (AvgIpc) is 2.63. The van der Waals surface area contributed by atoms with Crippen molar-refractivity contribution in [3.05, 3.63) is 64.5 Å². The first-order valence-electron chi connectivity index (χ1n) is 8.33. The van der Waals surface area contributed by atoms with Gasteiger partial charge in [-0.25, -0.2) is 9.97 Å². The molecule has 0 radical (unpaired) electrons. The summed E-state index contributed by atoms with van der Waals surface area (Å²) in [6.45, 7) is 5.15. The lowest BCUT2D eigenvalue weighted by Gasteiger charge is -2.23. The van der Waals surface area contributed by atoms with E-state index in [1.807, 2.05) is 44.3 Å². The Bertz CT molecular complexity index is 908. The Kier molecular flexibility index (Phi) is 5.09. The van der Waals surface area contributed by atoms with Gasteiger partial charge in [0.1, 0.15) is 12.1 Å². The van der Waals surface area contributed by atoms with E-state index in [4.69, 9.17) is 4.74 Å². The van der Waals surface area contributed by atoms with Gasteiger partial charge in [0.15, 0.2) is 0 Å². The zero-order valence-electron chi connectivity index (χ0n) is 14.7. The van der Waals surface area contributed by atoms with Gasteiger partial charge in [-0.2, -0.15) is 0 Å². The van der Waals surface area contributed by atoms with Gasteiger partial charge in [-0.1, -0.05) is 0 Å². The smallest absolute Gasteiger partial charge is 0.252 e. The number of ether oxygens (including phenoxy) is 1. The number of aromatic amines is 1. The molecule has 0 spiro atoms. The molecule has 0 saturated carbocycles. The van der Waals surface area contributed by atoms with Crippen molar-refractivity contribution in [3.8, 4) is 5.75 Å². The highest BCUT2D eigenvalue weighted by Gasteiger charge is 2.15. The first-order valence-corrected chi connectivity index (χ1v) is 8.33. The van der Waals surface area contributed by atoms with E-state index in [0.29, 0.717) is 18.7 Å². The maximum atomic E-state index is 12.4. The van der Waals surface area contributed by atoms with E-state index >= 15 is 0 Å². The molecule has 1 aromatic carbocycles. The number of rotatable bonds is 6. The van der Waals surface area contributed by atoms with E-state index in [9.17, 15) is 4.79 Å². The van der Waals surface area contributed by atoms with Crippen LogP contribution in [0.4, 0.5) is 0 Å². The molecule has 130 valence electrons. The van der Waals surface area contributed by atoms with Crippen molar-refractivity contribution in [1.82, 2.24) is 19.9 Å². The molecule has 25 heavy (non-hydrogen) atoms. The second-order valence-electron chi connectivity index (χ2n) is 6.03. The SMILES string of the molecule is CCOc1ccc2[nH]c(=O)c(CN(C)[C@H](C)c3ccncn3)cc2c1. The zero-order valence-corrected chi connectivity index (χ0v) is 14.7. The van der Waals surface area contributed by atoms with Crippen LogP contribution in [-0.2, 0) is 6.54 Å². The van der Waals surface area contributed by atoms with Crippen LogP contribution in [-0.4, -0.2) is 33.5 Å². The molecule has 3 aromatic rings. The fourth-order valence-corrected chi connectivity index (χ4v) is 2.78. The molecular formula is C19H22N4O2. The van der Waals surface area contributed by atoms with Gasteiger partial charge in [0.25, 0.3) is 5.56 Å². The fraction of sp³-hybridized carbons (Fsp3) is 0.316. The monoisotopic (exact) mass is 338 g/mol. The molecular weight excluding hydrogens is 316 g/mol. The zero-order chi connectivity index (χ0) is 17.8. The van der Waals surface area contributed by atoms with Gasteiger partial charge >= 0.3 is 0 Å². The van der Waals surface area contributed by atoms with Crippen LogP contribution in [0, 0.1) is 0 Å². The molecule has 0 fully saturated rings. The molecule has 2 heterocycles. The Balaban J connectivity index is 1.87. The van der Waals surface area contributed by atoms with Crippen LogP contribution in [0.15, 0.2) is 47.7 Å². The van der Waals surface area contributed by atoms with Gasteiger partial charge in [0, 0.05) is 35.2 Å². The highest BCUT2D eigenvalue weighted by atomic mass is 16.5. The van der Waals surface area contributed by atoms with Crippen molar-refractivity contribution in [2.75, 3.05) is 13.7 Å². The molecule has 6 heteroatoms. The Morgan fingerprint density at radius 2 is 2.12 bits per heavy atom. The number of hydrogen-bond donors (Lipinski definition) is 1. The predicted octanol–water partition coefficient (Wildman–Crippen LogP) is 2.91. The van der Waals surface area contributed by atoms with Crippen LogP contribution >= 0.6 is 0 Å². The summed E-state index contributed by atoms with van der Waals surface area (Å²) in [4.78, 5) is 25.7. The van der Waals surface area contributed by atoms with Gasteiger partial charge < -0.3 is 9.72 Å². The first-order chi connectivity index (χ1) is 12.1. The molecule has 3 rings (SSSR count). The summed E-state index contributed by atoms with van der Waals surface area (Å²) in [5.41, 5.74) is 2.38. The topological polar surface area (TPSA) is 71.1 Å². The standard InChI is InChI=1S/C19H22N4O2/c1-4-25-16-5-6-18-14(10-16)9-15(19(24)22-18)11-23(3)13(2)17-7-8-20-12-21-17/h5-10,12-13H,4,11H2,1-3H3,(H,22,24)/t13-/m1/s1. The number of nitrogens with zero attached hydrogens (tertiary/aromatic N) is 3. The molecule has 1 atom stereocenters. The number of nitrogens with one attached hydrogen (secondary N) is 1. The van der Waals surface area contributed by atoms with Gasteiger partial charge in [0.05, 0.1) is 12.3 Å². The Hall–Kier alpha value is -2.73. The number of benzene rings is 1. The highest BCUT2D eigenvalue weighted by Crippen LogP contribution is 2.21. The van der Waals surface area contributed by atoms with Crippen LogP contribution in [0.3, 0.4) is 0 Å². The number of fused-ring (bicyclic) bond motifs is 1. The molecule has 6 nitrogen and oxygen atoms in total. The molecule has 0 saturated heterocycles. The number of pyridine rings is 1. The van der Waals surface area contributed by atoms with E-state index in [1.54, 1.807) is 6.20 Å². The van der Waals surface area contributed by atoms with Crippen LogP contribution in [0.1, 0.15) is 31.1 Å².